The van der Waals surface area contributed by atoms with Gasteiger partial charge in [-0.05, 0) is 49.5 Å². The monoisotopic (exact) mass is 201 g/mol. The van der Waals surface area contributed by atoms with Gasteiger partial charge < -0.3 is 5.73 Å². The minimum absolute atomic E-state index is 0.837. The number of rotatable bonds is 4. The number of nitrogens with two attached hydrogens (primary N) is 1. The van der Waals surface area contributed by atoms with Crippen molar-refractivity contribution in [3.63, 3.8) is 0 Å². The molecule has 0 radical (unpaired) electrons. The van der Waals surface area contributed by atoms with E-state index in [1.165, 1.54) is 5.57 Å². The molecule has 0 saturated carbocycles. The number of allylic oxidation sites excluding steroid dienone is 2. The first-order valence-electron chi connectivity index (χ1n) is 5.19. The van der Waals surface area contributed by atoms with Gasteiger partial charge in [-0.3, -0.25) is 0 Å². The Hall–Kier alpha value is -1.50. The Labute approximate surface area is 92.3 Å². The molecule has 0 atom stereocenters. The Kier molecular flexibility index (Phi) is 3.73. The van der Waals surface area contributed by atoms with Crippen LogP contribution in [-0.4, -0.2) is 0 Å². The third-order valence-electron chi connectivity index (χ3n) is 2.54. The SMILES string of the molecule is C=C(C)CCC(=C)c1ccc(C)c(N)c1. The fourth-order valence-corrected chi connectivity index (χ4v) is 1.37. The van der Waals surface area contributed by atoms with Gasteiger partial charge in [-0.15, -0.1) is 6.58 Å². The van der Waals surface area contributed by atoms with E-state index in [0.29, 0.717) is 0 Å². The van der Waals surface area contributed by atoms with Gasteiger partial charge in [0.2, 0.25) is 0 Å². The van der Waals surface area contributed by atoms with Gasteiger partial charge in [-0.2, -0.15) is 0 Å². The molecule has 0 aliphatic heterocycles. The number of hydrogen-bond donors (Lipinski definition) is 1. The zero-order valence-electron chi connectivity index (χ0n) is 9.64. The molecule has 0 amide bonds. The molecule has 0 heterocycles. The number of anilines is 1. The van der Waals surface area contributed by atoms with E-state index < -0.39 is 0 Å². The van der Waals surface area contributed by atoms with Crippen LogP contribution in [0.3, 0.4) is 0 Å². The van der Waals surface area contributed by atoms with Crippen LogP contribution < -0.4 is 5.73 Å². The number of hydrogen-bond acceptors (Lipinski definition) is 1. The Balaban J connectivity index is 2.74. The van der Waals surface area contributed by atoms with E-state index in [9.17, 15) is 0 Å². The normalized spacial score (nSPS) is 10.0. The second kappa shape index (κ2) is 4.83. The summed E-state index contributed by atoms with van der Waals surface area (Å²) in [7, 11) is 0. The molecule has 0 fully saturated rings. The molecule has 0 aliphatic carbocycles. The van der Waals surface area contributed by atoms with E-state index in [2.05, 4.69) is 19.2 Å². The Morgan fingerprint density at radius 2 is 1.93 bits per heavy atom. The Morgan fingerprint density at radius 1 is 1.27 bits per heavy atom. The molecule has 1 aromatic rings. The zero-order chi connectivity index (χ0) is 11.4. The quantitative estimate of drug-likeness (QED) is 0.579. The lowest BCUT2D eigenvalue weighted by atomic mass is 9.99. The first-order valence-corrected chi connectivity index (χ1v) is 5.19. The molecule has 0 saturated heterocycles. The fraction of sp³-hybridized carbons (Fsp3) is 0.286. The minimum Gasteiger partial charge on any atom is -0.398 e. The fourth-order valence-electron chi connectivity index (χ4n) is 1.37. The molecule has 1 heteroatoms. The second-order valence-corrected chi connectivity index (χ2v) is 4.13. The maximum Gasteiger partial charge on any atom is 0.0349 e. The van der Waals surface area contributed by atoms with Crippen LogP contribution in [0.4, 0.5) is 5.69 Å². The van der Waals surface area contributed by atoms with Crippen LogP contribution in [-0.2, 0) is 0 Å². The Bertz CT molecular complexity index is 388. The van der Waals surface area contributed by atoms with E-state index in [1.807, 2.05) is 26.0 Å². The summed E-state index contributed by atoms with van der Waals surface area (Å²) in [4.78, 5) is 0. The molecule has 1 rings (SSSR count). The van der Waals surface area contributed by atoms with Crippen LogP contribution >= 0.6 is 0 Å². The topological polar surface area (TPSA) is 26.0 Å². The summed E-state index contributed by atoms with van der Waals surface area (Å²) in [6.07, 6.45) is 1.95. The molecule has 0 aliphatic rings. The summed E-state index contributed by atoms with van der Waals surface area (Å²) in [5.41, 5.74) is 11.3. The summed E-state index contributed by atoms with van der Waals surface area (Å²) in [5, 5.41) is 0. The van der Waals surface area contributed by atoms with Gasteiger partial charge >= 0.3 is 0 Å². The van der Waals surface area contributed by atoms with Crippen LogP contribution in [0.5, 0.6) is 0 Å². The first-order chi connectivity index (χ1) is 7.00. The van der Waals surface area contributed by atoms with E-state index in [0.717, 1.165) is 35.2 Å². The molecule has 15 heavy (non-hydrogen) atoms. The van der Waals surface area contributed by atoms with Crippen molar-refractivity contribution in [2.45, 2.75) is 26.7 Å². The minimum atomic E-state index is 0.837. The summed E-state index contributed by atoms with van der Waals surface area (Å²) in [6.45, 7) is 12.0. The highest BCUT2D eigenvalue weighted by Crippen LogP contribution is 2.23. The van der Waals surface area contributed by atoms with Crippen molar-refractivity contribution in [1.29, 1.82) is 0 Å². The van der Waals surface area contributed by atoms with Crippen LogP contribution in [0.15, 0.2) is 36.9 Å². The van der Waals surface area contributed by atoms with Gasteiger partial charge in [0.1, 0.15) is 0 Å². The van der Waals surface area contributed by atoms with Crippen LogP contribution in [0.25, 0.3) is 5.57 Å². The molecule has 0 aromatic heterocycles. The predicted octanol–water partition coefficient (Wildman–Crippen LogP) is 3.95. The Morgan fingerprint density at radius 3 is 2.47 bits per heavy atom. The lowest BCUT2D eigenvalue weighted by Gasteiger charge is -2.08. The second-order valence-electron chi connectivity index (χ2n) is 4.13. The van der Waals surface area contributed by atoms with Crippen molar-refractivity contribution >= 4 is 11.3 Å². The van der Waals surface area contributed by atoms with Crippen LogP contribution in [0, 0.1) is 6.92 Å². The molecule has 2 N–H and O–H groups in total. The number of benzene rings is 1. The van der Waals surface area contributed by atoms with Gasteiger partial charge in [0.05, 0.1) is 0 Å². The molecule has 1 aromatic carbocycles. The van der Waals surface area contributed by atoms with Crippen molar-refractivity contribution in [3.05, 3.63) is 48.1 Å². The van der Waals surface area contributed by atoms with Crippen LogP contribution in [0.1, 0.15) is 30.9 Å². The molecular weight excluding hydrogens is 182 g/mol. The van der Waals surface area contributed by atoms with E-state index >= 15 is 0 Å². The van der Waals surface area contributed by atoms with E-state index in [-0.39, 0.29) is 0 Å². The van der Waals surface area contributed by atoms with Crippen molar-refractivity contribution in [1.82, 2.24) is 0 Å². The van der Waals surface area contributed by atoms with Crippen molar-refractivity contribution in [3.8, 4) is 0 Å². The van der Waals surface area contributed by atoms with E-state index in [1.54, 1.807) is 0 Å². The van der Waals surface area contributed by atoms with Gasteiger partial charge in [0.25, 0.3) is 0 Å². The summed E-state index contributed by atoms with van der Waals surface area (Å²) in [5.74, 6) is 0. The van der Waals surface area contributed by atoms with Gasteiger partial charge in [-0.25, -0.2) is 0 Å². The molecule has 0 bridgehead atoms. The first kappa shape index (κ1) is 11.6. The predicted molar refractivity (Wildman–Crippen MR) is 68.7 cm³/mol. The number of nitrogen functional groups attached to an aromatic ring is 1. The molecule has 0 unspecified atom stereocenters. The van der Waals surface area contributed by atoms with Crippen LogP contribution in [0.2, 0.25) is 0 Å². The molecule has 80 valence electrons. The summed E-state index contributed by atoms with van der Waals surface area (Å²) in [6, 6.07) is 6.11. The number of aryl methyl sites for hydroxylation is 1. The van der Waals surface area contributed by atoms with Gasteiger partial charge in [0.15, 0.2) is 0 Å². The highest BCUT2D eigenvalue weighted by atomic mass is 14.6. The van der Waals surface area contributed by atoms with Crippen molar-refractivity contribution < 1.29 is 0 Å². The largest absolute Gasteiger partial charge is 0.398 e. The third kappa shape index (κ3) is 3.28. The van der Waals surface area contributed by atoms with Crippen molar-refractivity contribution in [2.75, 3.05) is 5.73 Å². The summed E-state index contributed by atoms with van der Waals surface area (Å²) < 4.78 is 0. The summed E-state index contributed by atoms with van der Waals surface area (Å²) >= 11 is 0. The van der Waals surface area contributed by atoms with Gasteiger partial charge in [0, 0.05) is 5.69 Å². The lowest BCUT2D eigenvalue weighted by molar-refractivity contribution is 1.000. The lowest BCUT2D eigenvalue weighted by Crippen LogP contribution is -1.92. The highest BCUT2D eigenvalue weighted by molar-refractivity contribution is 5.67. The molecule has 0 spiro atoms. The molecule has 1 nitrogen and oxygen atoms in total. The van der Waals surface area contributed by atoms with E-state index in [4.69, 9.17) is 5.73 Å². The van der Waals surface area contributed by atoms with Crippen molar-refractivity contribution in [2.24, 2.45) is 0 Å². The molecular formula is C14H19N. The standard InChI is InChI=1S/C14H19N/c1-10(2)5-6-11(3)13-8-7-12(4)14(15)9-13/h7-9H,1,3,5-6,15H2,2,4H3. The maximum absolute atomic E-state index is 5.86. The highest BCUT2D eigenvalue weighted by Gasteiger charge is 2.01. The third-order valence-corrected chi connectivity index (χ3v) is 2.54. The average molecular weight is 201 g/mol. The zero-order valence-corrected chi connectivity index (χ0v) is 9.64. The van der Waals surface area contributed by atoms with Gasteiger partial charge in [-0.1, -0.05) is 24.3 Å². The average Bonchev–Trinajstić information content (AvgIpc) is 2.18. The maximum atomic E-state index is 5.86. The smallest absolute Gasteiger partial charge is 0.0349 e.